The minimum Gasteiger partial charge on any atom is -0.354 e. The molecule has 1 aliphatic rings. The van der Waals surface area contributed by atoms with Gasteiger partial charge >= 0.3 is 0 Å². The highest BCUT2D eigenvalue weighted by atomic mass is 32.2. The lowest BCUT2D eigenvalue weighted by Crippen LogP contribution is -2.49. The van der Waals surface area contributed by atoms with Gasteiger partial charge in [-0.05, 0) is 25.2 Å². The van der Waals surface area contributed by atoms with Gasteiger partial charge in [0, 0.05) is 38.5 Å². The minimum atomic E-state index is -3.20. The van der Waals surface area contributed by atoms with Gasteiger partial charge in [-0.2, -0.15) is 0 Å². The maximum atomic E-state index is 12.4. The molecule has 1 saturated heterocycles. The first-order valence-corrected chi connectivity index (χ1v) is 10.5. The second-order valence-corrected chi connectivity index (χ2v) is 9.07. The van der Waals surface area contributed by atoms with Crippen molar-refractivity contribution in [2.24, 2.45) is 11.7 Å². The lowest BCUT2D eigenvalue weighted by Gasteiger charge is -2.36. The summed E-state index contributed by atoms with van der Waals surface area (Å²) < 4.78 is 23.9. The lowest BCUT2D eigenvalue weighted by atomic mass is 10.0. The van der Waals surface area contributed by atoms with Crippen molar-refractivity contribution in [1.29, 1.82) is 0 Å². The molecule has 1 fully saturated rings. The van der Waals surface area contributed by atoms with Crippen molar-refractivity contribution >= 4 is 21.7 Å². The molecule has 1 heterocycles. The van der Waals surface area contributed by atoms with Gasteiger partial charge in [0.2, 0.25) is 11.8 Å². The molecule has 1 unspecified atom stereocenters. The fourth-order valence-electron chi connectivity index (χ4n) is 2.97. The van der Waals surface area contributed by atoms with Crippen molar-refractivity contribution < 1.29 is 18.0 Å². The second kappa shape index (κ2) is 9.98. The van der Waals surface area contributed by atoms with Crippen LogP contribution in [0, 0.1) is 5.92 Å². The van der Waals surface area contributed by atoms with Crippen LogP contribution in [-0.2, 0) is 19.4 Å². The number of rotatable bonds is 9. The first kappa shape index (κ1) is 20.9. The van der Waals surface area contributed by atoms with Gasteiger partial charge in [0.05, 0.1) is 11.5 Å². The van der Waals surface area contributed by atoms with Gasteiger partial charge in [0.25, 0.3) is 0 Å². The standard InChI is InChI=1S/C16H31N3O4S/c1-13(2)12-24(22,23)10-7-16(21)19-9-4-3-5-14(19)11-18-15(20)6-8-17/h13-14H,3-12,17H2,1-2H3,(H,18,20). The van der Waals surface area contributed by atoms with Crippen LogP contribution in [0.25, 0.3) is 0 Å². The molecule has 1 rings (SSSR count). The van der Waals surface area contributed by atoms with Crippen molar-refractivity contribution in [1.82, 2.24) is 10.2 Å². The van der Waals surface area contributed by atoms with E-state index < -0.39 is 9.84 Å². The zero-order chi connectivity index (χ0) is 18.2. The van der Waals surface area contributed by atoms with Gasteiger partial charge in [-0.3, -0.25) is 9.59 Å². The second-order valence-electron chi connectivity index (χ2n) is 6.84. The Morgan fingerprint density at radius 3 is 2.58 bits per heavy atom. The summed E-state index contributed by atoms with van der Waals surface area (Å²) in [5, 5.41) is 2.81. The summed E-state index contributed by atoms with van der Waals surface area (Å²) in [5.74, 6) is -0.188. The number of carbonyl (C=O) groups excluding carboxylic acids is 2. The van der Waals surface area contributed by atoms with E-state index in [1.165, 1.54) is 0 Å². The van der Waals surface area contributed by atoms with Crippen molar-refractivity contribution in [2.75, 3.05) is 31.1 Å². The van der Waals surface area contributed by atoms with E-state index in [9.17, 15) is 18.0 Å². The van der Waals surface area contributed by atoms with Crippen molar-refractivity contribution in [3.05, 3.63) is 0 Å². The van der Waals surface area contributed by atoms with E-state index in [0.717, 1.165) is 19.3 Å². The molecule has 2 amide bonds. The monoisotopic (exact) mass is 361 g/mol. The van der Waals surface area contributed by atoms with Crippen molar-refractivity contribution in [3.8, 4) is 0 Å². The van der Waals surface area contributed by atoms with E-state index in [1.807, 2.05) is 13.8 Å². The molecule has 24 heavy (non-hydrogen) atoms. The highest BCUT2D eigenvalue weighted by molar-refractivity contribution is 7.91. The third-order valence-electron chi connectivity index (χ3n) is 4.07. The van der Waals surface area contributed by atoms with E-state index in [1.54, 1.807) is 4.90 Å². The van der Waals surface area contributed by atoms with E-state index in [2.05, 4.69) is 5.32 Å². The first-order chi connectivity index (χ1) is 11.2. The number of amides is 2. The average Bonchev–Trinajstić information content (AvgIpc) is 2.50. The Labute approximate surface area is 145 Å². The number of nitrogens with zero attached hydrogens (tertiary/aromatic N) is 1. The predicted molar refractivity (Wildman–Crippen MR) is 94.1 cm³/mol. The molecule has 0 saturated carbocycles. The molecule has 0 aromatic carbocycles. The summed E-state index contributed by atoms with van der Waals surface area (Å²) in [5.41, 5.74) is 5.35. The molecule has 0 aromatic rings. The summed E-state index contributed by atoms with van der Waals surface area (Å²) in [4.78, 5) is 25.7. The van der Waals surface area contributed by atoms with Crippen LogP contribution in [0.1, 0.15) is 46.0 Å². The smallest absolute Gasteiger partial charge is 0.223 e. The number of hydrogen-bond acceptors (Lipinski definition) is 5. The van der Waals surface area contributed by atoms with Crippen LogP contribution in [0.4, 0.5) is 0 Å². The van der Waals surface area contributed by atoms with Crippen LogP contribution in [0.3, 0.4) is 0 Å². The molecule has 1 atom stereocenters. The summed E-state index contributed by atoms with van der Waals surface area (Å²) in [6.45, 7) is 5.03. The van der Waals surface area contributed by atoms with Gasteiger partial charge < -0.3 is 16.0 Å². The van der Waals surface area contributed by atoms with Crippen LogP contribution >= 0.6 is 0 Å². The Balaban J connectivity index is 2.54. The quantitative estimate of drug-likeness (QED) is 0.613. The molecule has 140 valence electrons. The molecule has 0 bridgehead atoms. The number of nitrogens with one attached hydrogen (secondary N) is 1. The Bertz CT molecular complexity index is 519. The Morgan fingerprint density at radius 1 is 1.25 bits per heavy atom. The predicted octanol–water partition coefficient (Wildman–Crippen LogP) is 0.293. The summed E-state index contributed by atoms with van der Waals surface area (Å²) in [7, 11) is -3.20. The summed E-state index contributed by atoms with van der Waals surface area (Å²) in [6, 6.07) is -0.0548. The summed E-state index contributed by atoms with van der Waals surface area (Å²) in [6.07, 6.45) is 3.04. The van der Waals surface area contributed by atoms with Crippen LogP contribution in [0.5, 0.6) is 0 Å². The third kappa shape index (κ3) is 7.61. The molecule has 0 radical (unpaired) electrons. The van der Waals surface area contributed by atoms with Gasteiger partial charge in [0.15, 0.2) is 9.84 Å². The van der Waals surface area contributed by atoms with E-state index >= 15 is 0 Å². The molecule has 0 aromatic heterocycles. The zero-order valence-corrected chi connectivity index (χ0v) is 15.6. The maximum Gasteiger partial charge on any atom is 0.223 e. The first-order valence-electron chi connectivity index (χ1n) is 8.72. The number of piperidine rings is 1. The highest BCUT2D eigenvalue weighted by Gasteiger charge is 2.27. The Morgan fingerprint density at radius 2 is 1.96 bits per heavy atom. The highest BCUT2D eigenvalue weighted by Crippen LogP contribution is 2.18. The van der Waals surface area contributed by atoms with Gasteiger partial charge in [-0.25, -0.2) is 8.42 Å². The third-order valence-corrected chi connectivity index (χ3v) is 6.07. The fourth-order valence-corrected chi connectivity index (χ4v) is 4.64. The molecular formula is C16H31N3O4S. The van der Waals surface area contributed by atoms with Crippen molar-refractivity contribution in [3.63, 3.8) is 0 Å². The number of nitrogens with two attached hydrogens (primary N) is 1. The molecular weight excluding hydrogens is 330 g/mol. The van der Waals surface area contributed by atoms with Crippen LogP contribution in [0.15, 0.2) is 0 Å². The molecule has 7 nitrogen and oxygen atoms in total. The molecule has 1 aliphatic heterocycles. The van der Waals surface area contributed by atoms with Crippen LogP contribution < -0.4 is 11.1 Å². The number of likely N-dealkylation sites (tertiary alicyclic amines) is 1. The maximum absolute atomic E-state index is 12.4. The molecule has 8 heteroatoms. The Kier molecular flexibility index (Phi) is 8.69. The summed E-state index contributed by atoms with van der Waals surface area (Å²) >= 11 is 0. The largest absolute Gasteiger partial charge is 0.354 e. The van der Waals surface area contributed by atoms with Crippen LogP contribution in [0.2, 0.25) is 0 Å². The van der Waals surface area contributed by atoms with Crippen LogP contribution in [-0.4, -0.2) is 62.3 Å². The van der Waals surface area contributed by atoms with Crippen molar-refractivity contribution in [2.45, 2.75) is 52.0 Å². The molecule has 3 N–H and O–H groups in total. The SMILES string of the molecule is CC(C)CS(=O)(=O)CCC(=O)N1CCCCC1CNC(=O)CCN. The Hall–Kier alpha value is -1.15. The van der Waals surface area contributed by atoms with Gasteiger partial charge in [-0.15, -0.1) is 0 Å². The number of carbonyl (C=O) groups is 2. The average molecular weight is 362 g/mol. The number of hydrogen-bond donors (Lipinski definition) is 2. The van der Waals surface area contributed by atoms with Gasteiger partial charge in [-0.1, -0.05) is 13.8 Å². The number of sulfone groups is 1. The zero-order valence-electron chi connectivity index (χ0n) is 14.8. The molecule has 0 spiro atoms. The normalized spacial score (nSPS) is 18.7. The van der Waals surface area contributed by atoms with E-state index in [-0.39, 0.29) is 48.1 Å². The molecule has 0 aliphatic carbocycles. The van der Waals surface area contributed by atoms with E-state index in [0.29, 0.717) is 19.6 Å². The topological polar surface area (TPSA) is 110 Å². The fraction of sp³-hybridized carbons (Fsp3) is 0.875. The minimum absolute atomic E-state index is 0.0162. The van der Waals surface area contributed by atoms with Gasteiger partial charge in [0.1, 0.15) is 0 Å². The lowest BCUT2D eigenvalue weighted by molar-refractivity contribution is -0.135. The van der Waals surface area contributed by atoms with E-state index in [4.69, 9.17) is 5.73 Å².